The Labute approximate surface area is 103 Å². The largest absolute Gasteiger partial charge is 0.497 e. The zero-order chi connectivity index (χ0) is 12.4. The molecule has 0 heterocycles. The first-order valence-corrected chi connectivity index (χ1v) is 6.22. The monoisotopic (exact) mass is 235 g/mol. The van der Waals surface area contributed by atoms with Gasteiger partial charge in [0.2, 0.25) is 0 Å². The zero-order valence-corrected chi connectivity index (χ0v) is 10.8. The van der Waals surface area contributed by atoms with Crippen molar-refractivity contribution in [2.75, 3.05) is 7.11 Å². The lowest BCUT2D eigenvalue weighted by molar-refractivity contribution is 0.194. The Bertz CT molecular complexity index is 386. The highest BCUT2D eigenvalue weighted by atomic mass is 16.5. The van der Waals surface area contributed by atoms with E-state index in [4.69, 9.17) is 15.2 Å². The molecule has 17 heavy (non-hydrogen) atoms. The van der Waals surface area contributed by atoms with Crippen molar-refractivity contribution in [1.29, 1.82) is 0 Å². The minimum absolute atomic E-state index is 0.0256. The molecule has 0 bridgehead atoms. The van der Waals surface area contributed by atoms with Gasteiger partial charge in [0.25, 0.3) is 0 Å². The van der Waals surface area contributed by atoms with E-state index < -0.39 is 0 Å². The molecule has 94 valence electrons. The summed E-state index contributed by atoms with van der Waals surface area (Å²) in [5.74, 6) is 2.38. The molecule has 3 heteroatoms. The van der Waals surface area contributed by atoms with Crippen LogP contribution in [0.1, 0.15) is 38.3 Å². The van der Waals surface area contributed by atoms with E-state index in [0.29, 0.717) is 5.92 Å². The Morgan fingerprint density at radius 1 is 1.29 bits per heavy atom. The molecule has 0 radical (unpaired) electrons. The molecule has 1 aliphatic rings. The number of hydrogen-bond donors (Lipinski definition) is 1. The minimum atomic E-state index is -0.0256. The van der Waals surface area contributed by atoms with E-state index in [1.54, 1.807) is 7.11 Å². The summed E-state index contributed by atoms with van der Waals surface area (Å²) in [7, 11) is 1.66. The summed E-state index contributed by atoms with van der Waals surface area (Å²) >= 11 is 0. The van der Waals surface area contributed by atoms with Crippen molar-refractivity contribution in [3.8, 4) is 11.5 Å². The summed E-state index contributed by atoms with van der Waals surface area (Å²) in [6.07, 6.45) is 2.82. The molecule has 2 N–H and O–H groups in total. The van der Waals surface area contributed by atoms with Gasteiger partial charge in [-0.05, 0) is 38.7 Å². The summed E-state index contributed by atoms with van der Waals surface area (Å²) in [5.41, 5.74) is 6.99. The van der Waals surface area contributed by atoms with Crippen molar-refractivity contribution >= 4 is 0 Å². The predicted molar refractivity (Wildman–Crippen MR) is 68.4 cm³/mol. The summed E-state index contributed by atoms with van der Waals surface area (Å²) < 4.78 is 11.2. The van der Waals surface area contributed by atoms with Gasteiger partial charge in [-0.2, -0.15) is 0 Å². The van der Waals surface area contributed by atoms with Crippen LogP contribution in [-0.4, -0.2) is 13.2 Å². The van der Waals surface area contributed by atoms with Gasteiger partial charge in [0.15, 0.2) is 0 Å². The molecule has 0 unspecified atom stereocenters. The molecule has 0 saturated heterocycles. The molecule has 1 aromatic rings. The second-order valence-electron chi connectivity index (χ2n) is 4.85. The van der Waals surface area contributed by atoms with E-state index in [1.165, 1.54) is 12.8 Å². The Hall–Kier alpha value is -1.22. The highest BCUT2D eigenvalue weighted by molar-refractivity contribution is 5.42. The van der Waals surface area contributed by atoms with Gasteiger partial charge < -0.3 is 15.2 Å². The van der Waals surface area contributed by atoms with Gasteiger partial charge in [0, 0.05) is 17.7 Å². The molecule has 1 aliphatic carbocycles. The number of methoxy groups -OCH3 is 1. The van der Waals surface area contributed by atoms with Crippen LogP contribution in [0.25, 0.3) is 0 Å². The fourth-order valence-electron chi connectivity index (χ4n) is 1.98. The average Bonchev–Trinajstić information content (AvgIpc) is 3.12. The van der Waals surface area contributed by atoms with Gasteiger partial charge in [-0.1, -0.05) is 6.07 Å². The van der Waals surface area contributed by atoms with Crippen molar-refractivity contribution in [2.45, 2.75) is 38.8 Å². The molecule has 1 aromatic carbocycles. The summed E-state index contributed by atoms with van der Waals surface area (Å²) in [4.78, 5) is 0. The number of nitrogens with two attached hydrogens (primary N) is 1. The molecule has 0 spiro atoms. The van der Waals surface area contributed by atoms with Gasteiger partial charge in [-0.3, -0.25) is 0 Å². The van der Waals surface area contributed by atoms with Crippen LogP contribution in [0.15, 0.2) is 18.2 Å². The number of rotatable bonds is 5. The third-order valence-electron chi connectivity index (χ3n) is 3.31. The number of hydrogen-bond acceptors (Lipinski definition) is 3. The van der Waals surface area contributed by atoms with Crippen LogP contribution in [0.5, 0.6) is 11.5 Å². The number of benzene rings is 1. The summed E-state index contributed by atoms with van der Waals surface area (Å²) in [5, 5.41) is 0. The molecule has 1 fully saturated rings. The van der Waals surface area contributed by atoms with E-state index in [9.17, 15) is 0 Å². The molecular weight excluding hydrogens is 214 g/mol. The van der Waals surface area contributed by atoms with E-state index in [-0.39, 0.29) is 12.1 Å². The maximum atomic E-state index is 6.01. The van der Waals surface area contributed by atoms with E-state index in [2.05, 4.69) is 6.92 Å². The van der Waals surface area contributed by atoms with Crippen LogP contribution in [0.4, 0.5) is 0 Å². The van der Waals surface area contributed by atoms with Crippen molar-refractivity contribution in [1.82, 2.24) is 0 Å². The Balaban J connectivity index is 2.20. The molecule has 0 aromatic heterocycles. The normalized spacial score (nSPS) is 18.6. The summed E-state index contributed by atoms with van der Waals surface area (Å²) in [6, 6.07) is 5.81. The third-order valence-corrected chi connectivity index (χ3v) is 3.31. The second kappa shape index (κ2) is 4.96. The highest BCUT2D eigenvalue weighted by Crippen LogP contribution is 2.37. The zero-order valence-electron chi connectivity index (χ0n) is 10.8. The fourth-order valence-corrected chi connectivity index (χ4v) is 1.98. The highest BCUT2D eigenvalue weighted by Gasteiger charge is 2.30. The standard InChI is InChI=1S/C14H21NO2/c1-9(15)13-7-6-12(16-3)8-14(13)17-10(2)11-4-5-11/h6-11H,4-5,15H2,1-3H3/t9-,10-/m1/s1. The SMILES string of the molecule is COc1ccc([C@@H](C)N)c(O[C@H](C)C2CC2)c1. The minimum Gasteiger partial charge on any atom is -0.497 e. The van der Waals surface area contributed by atoms with Crippen molar-refractivity contribution < 1.29 is 9.47 Å². The molecule has 0 amide bonds. The van der Waals surface area contributed by atoms with Crippen LogP contribution < -0.4 is 15.2 Å². The Morgan fingerprint density at radius 2 is 2.00 bits per heavy atom. The summed E-state index contributed by atoms with van der Waals surface area (Å²) in [6.45, 7) is 4.10. The van der Waals surface area contributed by atoms with E-state index in [0.717, 1.165) is 17.1 Å². The fraction of sp³-hybridized carbons (Fsp3) is 0.571. The van der Waals surface area contributed by atoms with Gasteiger partial charge in [-0.15, -0.1) is 0 Å². The van der Waals surface area contributed by atoms with E-state index in [1.807, 2.05) is 25.1 Å². The lowest BCUT2D eigenvalue weighted by atomic mass is 10.1. The first-order chi connectivity index (χ1) is 8.11. The average molecular weight is 235 g/mol. The third kappa shape index (κ3) is 2.91. The molecule has 1 saturated carbocycles. The van der Waals surface area contributed by atoms with Gasteiger partial charge in [0.05, 0.1) is 13.2 Å². The first kappa shape index (κ1) is 12.2. The molecule has 0 aliphatic heterocycles. The molecule has 2 atom stereocenters. The Kier molecular flexibility index (Phi) is 3.57. The van der Waals surface area contributed by atoms with Crippen molar-refractivity contribution in [2.24, 2.45) is 11.7 Å². The van der Waals surface area contributed by atoms with Crippen molar-refractivity contribution in [3.63, 3.8) is 0 Å². The maximum absolute atomic E-state index is 6.01. The number of ether oxygens (including phenoxy) is 2. The lowest BCUT2D eigenvalue weighted by Crippen LogP contribution is -2.17. The lowest BCUT2D eigenvalue weighted by Gasteiger charge is -2.19. The Morgan fingerprint density at radius 3 is 2.53 bits per heavy atom. The second-order valence-corrected chi connectivity index (χ2v) is 4.85. The quantitative estimate of drug-likeness (QED) is 0.853. The maximum Gasteiger partial charge on any atom is 0.128 e. The van der Waals surface area contributed by atoms with E-state index >= 15 is 0 Å². The van der Waals surface area contributed by atoms with Crippen molar-refractivity contribution in [3.05, 3.63) is 23.8 Å². The first-order valence-electron chi connectivity index (χ1n) is 6.22. The van der Waals surface area contributed by atoms with Crippen LogP contribution in [0.3, 0.4) is 0 Å². The van der Waals surface area contributed by atoms with Crippen LogP contribution in [0, 0.1) is 5.92 Å². The van der Waals surface area contributed by atoms with Crippen LogP contribution in [-0.2, 0) is 0 Å². The van der Waals surface area contributed by atoms with Crippen LogP contribution >= 0.6 is 0 Å². The van der Waals surface area contributed by atoms with Gasteiger partial charge in [0.1, 0.15) is 11.5 Å². The van der Waals surface area contributed by atoms with Gasteiger partial charge in [-0.25, -0.2) is 0 Å². The van der Waals surface area contributed by atoms with Gasteiger partial charge >= 0.3 is 0 Å². The topological polar surface area (TPSA) is 44.5 Å². The van der Waals surface area contributed by atoms with Crippen LogP contribution in [0.2, 0.25) is 0 Å². The molecular formula is C14H21NO2. The molecule has 3 nitrogen and oxygen atoms in total. The molecule has 2 rings (SSSR count). The smallest absolute Gasteiger partial charge is 0.128 e. The predicted octanol–water partition coefficient (Wildman–Crippen LogP) is 2.89.